The molecule has 0 unspecified atom stereocenters. The minimum atomic E-state index is -1.13. The second-order valence-electron chi connectivity index (χ2n) is 4.59. The Morgan fingerprint density at radius 3 is 2.35 bits per heavy atom. The molecule has 0 bridgehead atoms. The SMILES string of the molecule is CC(C)(C)OC(=O)N[C@@H](CCCNO)C(=O)O. The van der Waals surface area contributed by atoms with Gasteiger partial charge < -0.3 is 20.4 Å². The first-order valence-corrected chi connectivity index (χ1v) is 5.35. The monoisotopic (exact) mass is 248 g/mol. The summed E-state index contributed by atoms with van der Waals surface area (Å²) in [6, 6.07) is -1.02. The average molecular weight is 248 g/mol. The van der Waals surface area contributed by atoms with Crippen LogP contribution in [0.2, 0.25) is 0 Å². The van der Waals surface area contributed by atoms with E-state index in [2.05, 4.69) is 5.32 Å². The molecule has 17 heavy (non-hydrogen) atoms. The molecule has 0 aromatic heterocycles. The number of aliphatic carboxylic acids is 1. The summed E-state index contributed by atoms with van der Waals surface area (Å²) in [6.07, 6.45) is -0.132. The Kier molecular flexibility index (Phi) is 6.52. The number of carbonyl (C=O) groups is 2. The highest BCUT2D eigenvalue weighted by molar-refractivity contribution is 5.79. The predicted molar refractivity (Wildman–Crippen MR) is 59.8 cm³/mol. The van der Waals surface area contributed by atoms with Gasteiger partial charge in [-0.2, -0.15) is 0 Å². The number of ether oxygens (including phenoxy) is 1. The Hall–Kier alpha value is -1.34. The lowest BCUT2D eigenvalue weighted by Gasteiger charge is -2.21. The molecule has 0 aliphatic carbocycles. The average Bonchev–Trinajstić information content (AvgIpc) is 2.13. The Balaban J connectivity index is 4.16. The van der Waals surface area contributed by atoms with Crippen LogP contribution in [0.25, 0.3) is 0 Å². The van der Waals surface area contributed by atoms with Crippen LogP contribution in [0.15, 0.2) is 0 Å². The number of hydrogen-bond donors (Lipinski definition) is 4. The molecule has 1 atom stereocenters. The maximum atomic E-state index is 11.3. The smallest absolute Gasteiger partial charge is 0.408 e. The zero-order valence-electron chi connectivity index (χ0n) is 10.3. The van der Waals surface area contributed by atoms with Crippen molar-refractivity contribution in [3.8, 4) is 0 Å². The molecule has 1 amide bonds. The normalized spacial score (nSPS) is 12.9. The van der Waals surface area contributed by atoms with Crippen molar-refractivity contribution in [1.82, 2.24) is 10.8 Å². The van der Waals surface area contributed by atoms with Crippen LogP contribution in [-0.4, -0.2) is 40.6 Å². The Morgan fingerprint density at radius 1 is 1.35 bits per heavy atom. The van der Waals surface area contributed by atoms with Gasteiger partial charge in [-0.25, -0.2) is 15.1 Å². The van der Waals surface area contributed by atoms with Gasteiger partial charge in [0, 0.05) is 6.54 Å². The standard InChI is InChI=1S/C10H20N2O5/c1-10(2,3)17-9(15)12-7(8(13)14)5-4-6-11-16/h7,11,16H,4-6H2,1-3H3,(H,12,15)(H,13,14)/t7-/m0/s1. The van der Waals surface area contributed by atoms with Crippen molar-refractivity contribution >= 4 is 12.1 Å². The molecule has 4 N–H and O–H groups in total. The number of carboxylic acid groups (broad SMARTS) is 1. The minimum Gasteiger partial charge on any atom is -0.480 e. The van der Waals surface area contributed by atoms with E-state index in [0.717, 1.165) is 0 Å². The van der Waals surface area contributed by atoms with Crippen molar-refractivity contribution in [3.63, 3.8) is 0 Å². The predicted octanol–water partition coefficient (Wildman–Crippen LogP) is 0.723. The maximum absolute atomic E-state index is 11.3. The molecule has 0 fully saturated rings. The first-order chi connectivity index (χ1) is 7.76. The number of hydrogen-bond acceptors (Lipinski definition) is 5. The van der Waals surface area contributed by atoms with Crippen LogP contribution < -0.4 is 10.8 Å². The summed E-state index contributed by atoms with van der Waals surface area (Å²) in [6.45, 7) is 5.34. The lowest BCUT2D eigenvalue weighted by atomic mass is 10.1. The number of rotatable bonds is 6. The Morgan fingerprint density at radius 2 is 1.94 bits per heavy atom. The van der Waals surface area contributed by atoms with Crippen molar-refractivity contribution in [2.24, 2.45) is 0 Å². The van der Waals surface area contributed by atoms with Crippen molar-refractivity contribution in [3.05, 3.63) is 0 Å². The number of alkyl carbamates (subject to hydrolysis) is 1. The summed E-state index contributed by atoms with van der Waals surface area (Å²) in [5.41, 5.74) is 1.25. The molecule has 0 saturated carbocycles. The van der Waals surface area contributed by atoms with Crippen LogP contribution in [0.4, 0.5) is 4.79 Å². The highest BCUT2D eigenvalue weighted by atomic mass is 16.6. The van der Waals surface area contributed by atoms with Gasteiger partial charge in [0.05, 0.1) is 0 Å². The zero-order chi connectivity index (χ0) is 13.5. The minimum absolute atomic E-state index is 0.210. The van der Waals surface area contributed by atoms with Gasteiger partial charge in [0.25, 0.3) is 0 Å². The number of carboxylic acids is 1. The lowest BCUT2D eigenvalue weighted by molar-refractivity contribution is -0.139. The zero-order valence-corrected chi connectivity index (χ0v) is 10.3. The van der Waals surface area contributed by atoms with E-state index in [4.69, 9.17) is 15.1 Å². The molecule has 0 saturated heterocycles. The van der Waals surface area contributed by atoms with Crippen molar-refractivity contribution in [2.75, 3.05) is 6.54 Å². The molecule has 7 nitrogen and oxygen atoms in total. The van der Waals surface area contributed by atoms with E-state index in [1.54, 1.807) is 20.8 Å². The molecule has 0 rings (SSSR count). The summed E-state index contributed by atoms with van der Waals surface area (Å²) in [5, 5.41) is 19.5. The van der Waals surface area contributed by atoms with Crippen molar-refractivity contribution in [2.45, 2.75) is 45.3 Å². The van der Waals surface area contributed by atoms with E-state index in [9.17, 15) is 9.59 Å². The molecule has 7 heteroatoms. The third kappa shape index (κ3) is 8.47. The van der Waals surface area contributed by atoms with E-state index in [1.165, 1.54) is 0 Å². The molecule has 0 radical (unpaired) electrons. The largest absolute Gasteiger partial charge is 0.480 e. The molecule has 0 aromatic carbocycles. The summed E-state index contributed by atoms with van der Waals surface area (Å²) in [4.78, 5) is 22.2. The summed E-state index contributed by atoms with van der Waals surface area (Å²) in [5.74, 6) is -1.13. The maximum Gasteiger partial charge on any atom is 0.408 e. The molecule has 0 spiro atoms. The fourth-order valence-electron chi connectivity index (χ4n) is 1.09. The van der Waals surface area contributed by atoms with Crippen molar-refractivity contribution in [1.29, 1.82) is 0 Å². The van der Waals surface area contributed by atoms with Gasteiger partial charge >= 0.3 is 12.1 Å². The molecule has 0 aromatic rings. The van der Waals surface area contributed by atoms with Crippen LogP contribution in [0.5, 0.6) is 0 Å². The van der Waals surface area contributed by atoms with Crippen LogP contribution >= 0.6 is 0 Å². The molecular weight excluding hydrogens is 228 g/mol. The summed E-state index contributed by atoms with van der Waals surface area (Å²) in [7, 11) is 0. The number of amides is 1. The first kappa shape index (κ1) is 15.7. The molecule has 0 aliphatic rings. The van der Waals surface area contributed by atoms with Crippen LogP contribution in [-0.2, 0) is 9.53 Å². The quantitative estimate of drug-likeness (QED) is 0.407. The third-order valence-electron chi connectivity index (χ3n) is 1.77. The summed E-state index contributed by atoms with van der Waals surface area (Å²) >= 11 is 0. The molecule has 100 valence electrons. The number of hydroxylamine groups is 1. The fourth-order valence-corrected chi connectivity index (χ4v) is 1.09. The lowest BCUT2D eigenvalue weighted by Crippen LogP contribution is -2.43. The van der Waals surface area contributed by atoms with Crippen LogP contribution in [0.3, 0.4) is 0 Å². The van der Waals surface area contributed by atoms with Crippen LogP contribution in [0.1, 0.15) is 33.6 Å². The van der Waals surface area contributed by atoms with Gasteiger partial charge in [0.2, 0.25) is 0 Å². The molecule has 0 aliphatic heterocycles. The number of carbonyl (C=O) groups excluding carboxylic acids is 1. The molecule has 0 heterocycles. The van der Waals surface area contributed by atoms with E-state index < -0.39 is 23.7 Å². The second kappa shape index (κ2) is 7.08. The van der Waals surface area contributed by atoms with E-state index in [1.807, 2.05) is 5.48 Å². The van der Waals surface area contributed by atoms with E-state index in [-0.39, 0.29) is 13.0 Å². The number of nitrogens with one attached hydrogen (secondary N) is 2. The molecular formula is C10H20N2O5. The second-order valence-corrected chi connectivity index (χ2v) is 4.59. The van der Waals surface area contributed by atoms with E-state index >= 15 is 0 Å². The van der Waals surface area contributed by atoms with Gasteiger partial charge in [-0.3, -0.25) is 0 Å². The van der Waals surface area contributed by atoms with Crippen LogP contribution in [0, 0.1) is 0 Å². The Bertz CT molecular complexity index is 262. The van der Waals surface area contributed by atoms with Gasteiger partial charge in [0.15, 0.2) is 0 Å². The fraction of sp³-hybridized carbons (Fsp3) is 0.800. The topological polar surface area (TPSA) is 108 Å². The van der Waals surface area contributed by atoms with Crippen molar-refractivity contribution < 1.29 is 24.6 Å². The highest BCUT2D eigenvalue weighted by Crippen LogP contribution is 2.07. The van der Waals surface area contributed by atoms with Gasteiger partial charge in [0.1, 0.15) is 11.6 Å². The summed E-state index contributed by atoms with van der Waals surface area (Å²) < 4.78 is 4.95. The van der Waals surface area contributed by atoms with Gasteiger partial charge in [-0.1, -0.05) is 0 Å². The first-order valence-electron chi connectivity index (χ1n) is 5.35. The highest BCUT2D eigenvalue weighted by Gasteiger charge is 2.23. The van der Waals surface area contributed by atoms with Gasteiger partial charge in [-0.15, -0.1) is 0 Å². The van der Waals surface area contributed by atoms with Gasteiger partial charge in [-0.05, 0) is 33.6 Å². The third-order valence-corrected chi connectivity index (χ3v) is 1.77. The Labute approximate surface area is 100 Å². The van der Waals surface area contributed by atoms with E-state index in [0.29, 0.717) is 6.42 Å².